The number of esters is 2. The molecule has 1 N–H and O–H groups in total. The molecule has 0 aromatic heterocycles. The fraction of sp³-hybridized carbons (Fsp3) is 0. The Morgan fingerprint density at radius 2 is 1.79 bits per heavy atom. The molecule has 0 atom stereocenters. The highest BCUT2D eigenvalue weighted by Gasteiger charge is 2.32. The van der Waals surface area contributed by atoms with Gasteiger partial charge in [0.2, 0.25) is 5.43 Å². The van der Waals surface area contributed by atoms with Crippen LogP contribution < -0.4 is 5.43 Å². The van der Waals surface area contributed by atoms with Crippen LogP contribution in [0.5, 0.6) is 5.75 Å². The molecule has 0 unspecified atom stereocenters. The molecular formula is C9H4O5. The Bertz CT molecular complexity index is 503. The van der Waals surface area contributed by atoms with Crippen LogP contribution in [0, 0.1) is 0 Å². The van der Waals surface area contributed by atoms with Gasteiger partial charge in [0.05, 0.1) is 5.56 Å². The first-order valence-corrected chi connectivity index (χ1v) is 3.74. The van der Waals surface area contributed by atoms with Crippen LogP contribution in [0.4, 0.5) is 0 Å². The van der Waals surface area contributed by atoms with E-state index in [4.69, 9.17) is 0 Å². The summed E-state index contributed by atoms with van der Waals surface area (Å²) in [5.41, 5.74) is -1.17. The van der Waals surface area contributed by atoms with Crippen LogP contribution >= 0.6 is 0 Å². The summed E-state index contributed by atoms with van der Waals surface area (Å²) in [6.45, 7) is 0. The van der Waals surface area contributed by atoms with E-state index in [1.807, 2.05) is 0 Å². The number of hydrogen-bond acceptors (Lipinski definition) is 5. The van der Waals surface area contributed by atoms with Crippen molar-refractivity contribution in [2.45, 2.75) is 0 Å². The molecule has 2 rings (SSSR count). The van der Waals surface area contributed by atoms with Gasteiger partial charge in [-0.25, -0.2) is 9.59 Å². The Morgan fingerprint density at radius 1 is 1.07 bits per heavy atom. The van der Waals surface area contributed by atoms with E-state index in [-0.39, 0.29) is 11.1 Å². The van der Waals surface area contributed by atoms with Gasteiger partial charge in [-0.1, -0.05) is 6.07 Å². The van der Waals surface area contributed by atoms with Gasteiger partial charge in [0.1, 0.15) is 5.56 Å². The van der Waals surface area contributed by atoms with E-state index in [1.165, 1.54) is 12.1 Å². The molecule has 5 nitrogen and oxygen atoms in total. The molecule has 14 heavy (non-hydrogen) atoms. The third-order valence-electron chi connectivity index (χ3n) is 1.86. The highest BCUT2D eigenvalue weighted by Crippen LogP contribution is 2.23. The predicted octanol–water partition coefficient (Wildman–Crippen LogP) is 0.0630. The van der Waals surface area contributed by atoms with Crippen molar-refractivity contribution >= 4 is 11.9 Å². The average molecular weight is 192 g/mol. The minimum absolute atomic E-state index is 0.0883. The Labute approximate surface area is 77.6 Å². The molecule has 1 aliphatic rings. The van der Waals surface area contributed by atoms with Crippen molar-refractivity contribution in [2.75, 3.05) is 0 Å². The van der Waals surface area contributed by atoms with Crippen LogP contribution in [-0.2, 0) is 4.74 Å². The number of cyclic esters (lactones) is 2. The van der Waals surface area contributed by atoms with Gasteiger partial charge < -0.3 is 9.84 Å². The quantitative estimate of drug-likeness (QED) is 0.464. The van der Waals surface area contributed by atoms with Gasteiger partial charge >= 0.3 is 11.9 Å². The highest BCUT2D eigenvalue weighted by atomic mass is 16.6. The Kier molecular flexibility index (Phi) is 1.60. The van der Waals surface area contributed by atoms with Crippen molar-refractivity contribution in [3.05, 3.63) is 39.5 Å². The summed E-state index contributed by atoms with van der Waals surface area (Å²) in [6.07, 6.45) is 0. The van der Waals surface area contributed by atoms with Gasteiger partial charge in [0, 0.05) is 0 Å². The standard InChI is InChI=1S/C9H4O5/c10-5-3-1-2-4-6(7(5)11)9(13)14-8(4)12/h1-3H,(H,10,11). The number of fused-ring (bicyclic) bond motifs is 1. The lowest BCUT2D eigenvalue weighted by Crippen LogP contribution is -2.01. The van der Waals surface area contributed by atoms with Crippen LogP contribution in [0.3, 0.4) is 0 Å². The van der Waals surface area contributed by atoms with E-state index in [9.17, 15) is 19.5 Å². The second kappa shape index (κ2) is 2.66. The third-order valence-corrected chi connectivity index (χ3v) is 1.86. The fourth-order valence-electron chi connectivity index (χ4n) is 1.21. The van der Waals surface area contributed by atoms with Crippen LogP contribution in [0.2, 0.25) is 0 Å². The second-order valence-electron chi connectivity index (χ2n) is 2.70. The number of hydrogen-bond donors (Lipinski definition) is 1. The summed E-state index contributed by atoms with van der Waals surface area (Å²) in [7, 11) is 0. The molecule has 0 spiro atoms. The van der Waals surface area contributed by atoms with E-state index in [2.05, 4.69) is 4.74 Å². The van der Waals surface area contributed by atoms with Gasteiger partial charge in [-0.3, -0.25) is 4.79 Å². The topological polar surface area (TPSA) is 80.7 Å². The summed E-state index contributed by atoms with van der Waals surface area (Å²) in [5, 5.41) is 9.30. The smallest absolute Gasteiger partial charge is 0.350 e. The summed E-state index contributed by atoms with van der Waals surface area (Å²) in [6, 6.07) is 3.60. The zero-order valence-electron chi connectivity index (χ0n) is 6.81. The van der Waals surface area contributed by atoms with Crippen molar-refractivity contribution < 1.29 is 19.4 Å². The van der Waals surface area contributed by atoms with E-state index in [0.29, 0.717) is 0 Å². The molecule has 0 fully saturated rings. The average Bonchev–Trinajstić information content (AvgIpc) is 2.29. The van der Waals surface area contributed by atoms with E-state index >= 15 is 0 Å². The molecular weight excluding hydrogens is 188 g/mol. The molecule has 1 aromatic rings. The minimum atomic E-state index is -0.990. The molecule has 0 aliphatic carbocycles. The zero-order chi connectivity index (χ0) is 10.3. The maximum atomic E-state index is 11.1. The fourth-order valence-corrected chi connectivity index (χ4v) is 1.21. The first kappa shape index (κ1) is 8.43. The molecule has 1 aliphatic heterocycles. The van der Waals surface area contributed by atoms with Crippen LogP contribution in [0.25, 0.3) is 0 Å². The summed E-state index contributed by atoms with van der Waals surface area (Å²) in [5.74, 6) is -2.59. The Balaban J connectivity index is 2.92. The summed E-state index contributed by atoms with van der Waals surface area (Å²) >= 11 is 0. The van der Waals surface area contributed by atoms with E-state index < -0.39 is 23.1 Å². The third kappa shape index (κ3) is 0.990. The Hall–Kier alpha value is -2.17. The van der Waals surface area contributed by atoms with Crippen LogP contribution in [0.15, 0.2) is 23.0 Å². The molecule has 1 heterocycles. The maximum absolute atomic E-state index is 11.1. The largest absolute Gasteiger partial charge is 0.504 e. The second-order valence-corrected chi connectivity index (χ2v) is 2.70. The van der Waals surface area contributed by atoms with Crippen LogP contribution in [0.1, 0.15) is 20.7 Å². The molecule has 70 valence electrons. The zero-order valence-corrected chi connectivity index (χ0v) is 6.81. The Morgan fingerprint density at radius 3 is 2.50 bits per heavy atom. The number of carbonyl (C=O) groups excluding carboxylic acids is 2. The number of ether oxygens (including phenoxy) is 1. The molecule has 5 heteroatoms. The normalized spacial score (nSPS) is 13.7. The minimum Gasteiger partial charge on any atom is -0.504 e. The van der Waals surface area contributed by atoms with Gasteiger partial charge in [-0.15, -0.1) is 0 Å². The van der Waals surface area contributed by atoms with Gasteiger partial charge in [0.15, 0.2) is 5.75 Å². The van der Waals surface area contributed by atoms with Gasteiger partial charge in [0.25, 0.3) is 0 Å². The lowest BCUT2D eigenvalue weighted by molar-refractivity contribution is 0.0443. The van der Waals surface area contributed by atoms with Crippen molar-refractivity contribution in [2.24, 2.45) is 0 Å². The molecule has 0 amide bonds. The van der Waals surface area contributed by atoms with Gasteiger partial charge in [-0.2, -0.15) is 0 Å². The van der Waals surface area contributed by atoms with Crippen molar-refractivity contribution in [3.63, 3.8) is 0 Å². The van der Waals surface area contributed by atoms with E-state index in [1.54, 1.807) is 0 Å². The SMILES string of the molecule is O=C1OC(=O)c2c1cccc(=O)c2O. The van der Waals surface area contributed by atoms with Crippen molar-refractivity contribution in [1.82, 2.24) is 0 Å². The maximum Gasteiger partial charge on any atom is 0.350 e. The molecule has 0 radical (unpaired) electrons. The lowest BCUT2D eigenvalue weighted by Gasteiger charge is -1.88. The monoisotopic (exact) mass is 192 g/mol. The number of aromatic hydroxyl groups is 1. The summed E-state index contributed by atoms with van der Waals surface area (Å²) in [4.78, 5) is 33.1. The van der Waals surface area contributed by atoms with Crippen molar-refractivity contribution in [1.29, 1.82) is 0 Å². The number of carbonyl (C=O) groups is 2. The predicted molar refractivity (Wildman–Crippen MR) is 44.1 cm³/mol. The van der Waals surface area contributed by atoms with E-state index in [0.717, 1.165) is 6.07 Å². The highest BCUT2D eigenvalue weighted by molar-refractivity contribution is 6.15. The molecule has 0 saturated carbocycles. The lowest BCUT2D eigenvalue weighted by atomic mass is 10.2. The summed E-state index contributed by atoms with van der Waals surface area (Å²) < 4.78 is 4.23. The van der Waals surface area contributed by atoms with Crippen LogP contribution in [-0.4, -0.2) is 17.0 Å². The first-order chi connectivity index (χ1) is 6.61. The molecule has 1 aromatic carbocycles. The number of rotatable bonds is 0. The molecule has 0 saturated heterocycles. The van der Waals surface area contributed by atoms with Gasteiger partial charge in [-0.05, 0) is 12.1 Å². The molecule has 0 bridgehead atoms. The van der Waals surface area contributed by atoms with Crippen molar-refractivity contribution in [3.8, 4) is 5.75 Å². The first-order valence-electron chi connectivity index (χ1n) is 3.74.